The van der Waals surface area contributed by atoms with E-state index in [1.54, 1.807) is 30.0 Å². The Kier molecular flexibility index (Phi) is 10.1. The Morgan fingerprint density at radius 3 is 2.33 bits per heavy atom. The summed E-state index contributed by atoms with van der Waals surface area (Å²) >= 11 is 7.58. The average Bonchev–Trinajstić information content (AvgIpc) is 2.95. The van der Waals surface area contributed by atoms with Gasteiger partial charge in [-0.3, -0.25) is 4.79 Å². The number of aryl methyl sites for hydroxylation is 1. The van der Waals surface area contributed by atoms with E-state index < -0.39 is 17.9 Å². The Labute approximate surface area is 243 Å². The zero-order valence-corrected chi connectivity index (χ0v) is 23.8. The van der Waals surface area contributed by atoms with Gasteiger partial charge in [0.1, 0.15) is 17.5 Å². The maximum absolute atomic E-state index is 13.3. The molecule has 1 atom stereocenters. The molecule has 4 rings (SSSR count). The van der Waals surface area contributed by atoms with Gasteiger partial charge in [-0.05, 0) is 95.6 Å². The second-order valence-electron chi connectivity index (χ2n) is 9.23. The Balaban J connectivity index is 1.58. The van der Waals surface area contributed by atoms with Gasteiger partial charge < -0.3 is 15.2 Å². The van der Waals surface area contributed by atoms with Crippen LogP contribution in [-0.4, -0.2) is 35.0 Å². The lowest BCUT2D eigenvalue weighted by Gasteiger charge is -2.17. The van der Waals surface area contributed by atoms with Gasteiger partial charge in [-0.15, -0.1) is 0 Å². The fraction of sp³-hybridized carbons (Fsp3) is 0.152. The highest BCUT2D eigenvalue weighted by Gasteiger charge is 2.22. The lowest BCUT2D eigenvalue weighted by Crippen LogP contribution is -2.41. The number of rotatable bonds is 11. The molecule has 0 fully saturated rings. The van der Waals surface area contributed by atoms with Crippen molar-refractivity contribution in [1.82, 2.24) is 5.32 Å². The number of amides is 1. The number of hydrogen-bond acceptors (Lipinski definition) is 4. The lowest BCUT2D eigenvalue weighted by molar-refractivity contribution is -0.139. The number of hydrogen-bond donors (Lipinski definition) is 2. The fourth-order valence-electron chi connectivity index (χ4n) is 4.20. The van der Waals surface area contributed by atoms with Crippen LogP contribution in [0, 0.1) is 6.92 Å². The van der Waals surface area contributed by atoms with Crippen molar-refractivity contribution < 1.29 is 19.4 Å². The first-order valence-corrected chi connectivity index (χ1v) is 14.6. The van der Waals surface area contributed by atoms with Gasteiger partial charge in [-0.25, -0.2) is 4.79 Å². The summed E-state index contributed by atoms with van der Waals surface area (Å²) in [7, 11) is 0. The normalized spacial score (nSPS) is 11.8. The SMILES string of the molecule is CSCC[C@H](NC(=O)c1ccc(/C=C/c2ccc(Oc3cccc(Cl)c3)cc2)cc1-c1ccccc1C)C(=O)O. The Bertz CT molecular complexity index is 1520. The van der Waals surface area contributed by atoms with Crippen molar-refractivity contribution in [3.8, 4) is 22.6 Å². The molecule has 0 spiro atoms. The molecule has 0 aliphatic rings. The summed E-state index contributed by atoms with van der Waals surface area (Å²) in [6.45, 7) is 1.99. The number of carboxylic acid groups (broad SMARTS) is 1. The quantitative estimate of drug-likeness (QED) is 0.177. The summed E-state index contributed by atoms with van der Waals surface area (Å²) in [4.78, 5) is 25.0. The summed E-state index contributed by atoms with van der Waals surface area (Å²) in [6.07, 6.45) is 6.23. The Hall–Kier alpha value is -4.00. The van der Waals surface area contributed by atoms with Crippen molar-refractivity contribution >= 4 is 47.4 Å². The molecule has 5 nitrogen and oxygen atoms in total. The zero-order valence-electron chi connectivity index (χ0n) is 22.3. The molecular formula is C33H30ClNO4S. The van der Waals surface area contributed by atoms with Crippen LogP contribution in [0.3, 0.4) is 0 Å². The van der Waals surface area contributed by atoms with E-state index in [-0.39, 0.29) is 0 Å². The smallest absolute Gasteiger partial charge is 0.326 e. The van der Waals surface area contributed by atoms with Crippen LogP contribution in [0.15, 0.2) is 91.0 Å². The molecule has 0 unspecified atom stereocenters. The van der Waals surface area contributed by atoms with E-state index in [0.29, 0.717) is 34.3 Å². The van der Waals surface area contributed by atoms with Crippen molar-refractivity contribution in [2.75, 3.05) is 12.0 Å². The number of carbonyl (C=O) groups is 2. The molecule has 0 bridgehead atoms. The van der Waals surface area contributed by atoms with E-state index >= 15 is 0 Å². The first-order chi connectivity index (χ1) is 19.3. The molecule has 4 aromatic rings. The van der Waals surface area contributed by atoms with E-state index in [9.17, 15) is 14.7 Å². The summed E-state index contributed by atoms with van der Waals surface area (Å²) in [5.74, 6) is 0.566. The highest BCUT2D eigenvalue weighted by molar-refractivity contribution is 7.98. The molecule has 0 aliphatic carbocycles. The first kappa shape index (κ1) is 29.0. The fourth-order valence-corrected chi connectivity index (χ4v) is 4.85. The second kappa shape index (κ2) is 13.9. The lowest BCUT2D eigenvalue weighted by atomic mass is 9.93. The third-order valence-electron chi connectivity index (χ3n) is 6.32. The maximum Gasteiger partial charge on any atom is 0.326 e. The number of carboxylic acids is 1. The Morgan fingerprint density at radius 2 is 1.62 bits per heavy atom. The second-order valence-corrected chi connectivity index (χ2v) is 10.6. The molecule has 0 aliphatic heterocycles. The van der Waals surface area contributed by atoms with Crippen LogP contribution >= 0.6 is 23.4 Å². The Morgan fingerprint density at radius 1 is 0.900 bits per heavy atom. The molecule has 2 N–H and O–H groups in total. The third kappa shape index (κ3) is 7.78. The van der Waals surface area contributed by atoms with Crippen LogP contribution in [-0.2, 0) is 4.79 Å². The molecule has 40 heavy (non-hydrogen) atoms. The van der Waals surface area contributed by atoms with Crippen molar-refractivity contribution in [3.05, 3.63) is 118 Å². The van der Waals surface area contributed by atoms with Crippen molar-refractivity contribution in [2.45, 2.75) is 19.4 Å². The summed E-state index contributed by atoms with van der Waals surface area (Å²) in [6, 6.07) is 27.4. The molecule has 1 amide bonds. The monoisotopic (exact) mass is 571 g/mol. The van der Waals surface area contributed by atoms with E-state index in [4.69, 9.17) is 16.3 Å². The molecular weight excluding hydrogens is 542 g/mol. The maximum atomic E-state index is 13.3. The van der Waals surface area contributed by atoms with Crippen molar-refractivity contribution in [1.29, 1.82) is 0 Å². The van der Waals surface area contributed by atoms with Gasteiger partial charge in [0.25, 0.3) is 5.91 Å². The van der Waals surface area contributed by atoms with Crippen LogP contribution in [0.2, 0.25) is 5.02 Å². The minimum Gasteiger partial charge on any atom is -0.480 e. The van der Waals surface area contributed by atoms with Gasteiger partial charge in [0.2, 0.25) is 0 Å². The standard InChI is InChI=1S/C33H30ClNO4S/c1-22-6-3-4-9-28(22)30-20-24(14-17-29(30)32(36)35-31(33(37)38)18-19-40-2)11-10-23-12-15-26(16-13-23)39-27-8-5-7-25(34)21-27/h3-17,20-21,31H,18-19H2,1-2H3,(H,35,36)(H,37,38)/b11-10+/t31-/m0/s1. The highest BCUT2D eigenvalue weighted by Crippen LogP contribution is 2.29. The van der Waals surface area contributed by atoms with Crippen LogP contribution in [0.4, 0.5) is 0 Å². The topological polar surface area (TPSA) is 75.6 Å². The number of aliphatic carboxylic acids is 1. The van der Waals surface area contributed by atoms with E-state index in [1.165, 1.54) is 0 Å². The predicted octanol–water partition coefficient (Wildman–Crippen LogP) is 8.21. The van der Waals surface area contributed by atoms with Crippen LogP contribution in [0.25, 0.3) is 23.3 Å². The third-order valence-corrected chi connectivity index (χ3v) is 7.20. The van der Waals surface area contributed by atoms with Gasteiger partial charge in [0.15, 0.2) is 0 Å². The molecule has 4 aromatic carbocycles. The van der Waals surface area contributed by atoms with Crippen molar-refractivity contribution in [3.63, 3.8) is 0 Å². The molecule has 0 heterocycles. The average molecular weight is 572 g/mol. The van der Waals surface area contributed by atoms with E-state index in [1.807, 2.05) is 98.1 Å². The zero-order chi connectivity index (χ0) is 28.5. The number of nitrogens with one attached hydrogen (secondary N) is 1. The summed E-state index contributed by atoms with van der Waals surface area (Å²) < 4.78 is 5.87. The minimum absolute atomic E-state index is 0.353. The van der Waals surface area contributed by atoms with Gasteiger partial charge in [0.05, 0.1) is 0 Å². The number of carbonyl (C=O) groups excluding carboxylic acids is 1. The predicted molar refractivity (Wildman–Crippen MR) is 165 cm³/mol. The molecule has 0 saturated heterocycles. The molecule has 0 aromatic heterocycles. The minimum atomic E-state index is -1.04. The summed E-state index contributed by atoms with van der Waals surface area (Å²) in [5, 5.41) is 12.9. The highest BCUT2D eigenvalue weighted by atomic mass is 35.5. The molecule has 0 radical (unpaired) electrons. The van der Waals surface area contributed by atoms with E-state index in [0.717, 1.165) is 27.8 Å². The molecule has 7 heteroatoms. The van der Waals surface area contributed by atoms with Gasteiger partial charge in [-0.2, -0.15) is 11.8 Å². The number of halogens is 1. The van der Waals surface area contributed by atoms with Crippen molar-refractivity contribution in [2.24, 2.45) is 0 Å². The molecule has 0 saturated carbocycles. The van der Waals surface area contributed by atoms with E-state index in [2.05, 4.69) is 5.32 Å². The van der Waals surface area contributed by atoms with Crippen LogP contribution in [0.1, 0.15) is 33.5 Å². The number of ether oxygens (including phenoxy) is 1. The van der Waals surface area contributed by atoms with Crippen LogP contribution in [0.5, 0.6) is 11.5 Å². The number of benzene rings is 4. The van der Waals surface area contributed by atoms with Gasteiger partial charge >= 0.3 is 5.97 Å². The summed E-state index contributed by atoms with van der Waals surface area (Å²) in [5.41, 5.74) is 5.01. The van der Waals surface area contributed by atoms with Gasteiger partial charge in [-0.1, -0.05) is 72.3 Å². The number of thioether (sulfide) groups is 1. The first-order valence-electron chi connectivity index (χ1n) is 12.8. The largest absolute Gasteiger partial charge is 0.480 e. The van der Waals surface area contributed by atoms with Gasteiger partial charge in [0, 0.05) is 10.6 Å². The molecule has 204 valence electrons. The van der Waals surface area contributed by atoms with Crippen LogP contribution < -0.4 is 10.1 Å².